The van der Waals surface area contributed by atoms with E-state index in [4.69, 9.17) is 4.74 Å². The van der Waals surface area contributed by atoms with Crippen LogP contribution >= 0.6 is 0 Å². The van der Waals surface area contributed by atoms with Crippen molar-refractivity contribution in [3.8, 4) is 0 Å². The Morgan fingerprint density at radius 3 is 2.18 bits per heavy atom. The molecule has 0 aromatic rings. The average Bonchev–Trinajstić information content (AvgIpc) is 2.93. The van der Waals surface area contributed by atoms with E-state index in [1.165, 1.54) is 51.4 Å². The van der Waals surface area contributed by atoms with E-state index >= 15 is 0 Å². The van der Waals surface area contributed by atoms with Crippen LogP contribution in [0, 0.1) is 10.8 Å². The highest BCUT2D eigenvalue weighted by atomic mass is 16.5. The van der Waals surface area contributed by atoms with Gasteiger partial charge in [0.1, 0.15) is 0 Å². The molecule has 0 N–H and O–H groups in total. The van der Waals surface area contributed by atoms with E-state index in [-0.39, 0.29) is 0 Å². The predicted octanol–water partition coefficient (Wildman–Crippen LogP) is 5.19. The third kappa shape index (κ3) is 8.65. The Hall–Kier alpha value is -0.0400. The first-order chi connectivity index (χ1) is 7.91. The number of hydrogen-bond acceptors (Lipinski definition) is 1. The number of unbranched alkanes of at least 4 members (excludes halogenated alkanes) is 2. The first kappa shape index (κ1) is 15.0. The van der Waals surface area contributed by atoms with E-state index in [2.05, 4.69) is 27.7 Å². The lowest BCUT2D eigenvalue weighted by molar-refractivity contribution is 0.118. The smallest absolute Gasteiger partial charge is 0.0466 e. The van der Waals surface area contributed by atoms with Gasteiger partial charge in [-0.05, 0) is 49.4 Å². The van der Waals surface area contributed by atoms with Gasteiger partial charge in [0.15, 0.2) is 0 Å². The van der Waals surface area contributed by atoms with Crippen LogP contribution in [0.3, 0.4) is 0 Å². The fourth-order valence-corrected chi connectivity index (χ4v) is 2.20. The second kappa shape index (κ2) is 6.78. The lowest BCUT2D eigenvalue weighted by atomic mass is 9.91. The summed E-state index contributed by atoms with van der Waals surface area (Å²) in [7, 11) is 0. The maximum atomic E-state index is 5.68. The molecule has 0 aromatic carbocycles. The molecule has 0 radical (unpaired) electrons. The fourth-order valence-electron chi connectivity index (χ4n) is 2.20. The van der Waals surface area contributed by atoms with E-state index in [0.29, 0.717) is 5.41 Å². The summed E-state index contributed by atoms with van der Waals surface area (Å²) in [6.45, 7) is 11.2. The van der Waals surface area contributed by atoms with Crippen LogP contribution in [0.2, 0.25) is 0 Å². The van der Waals surface area contributed by atoms with Crippen molar-refractivity contribution in [1.29, 1.82) is 0 Å². The van der Waals surface area contributed by atoms with Gasteiger partial charge in [0.05, 0.1) is 0 Å². The summed E-state index contributed by atoms with van der Waals surface area (Å²) in [4.78, 5) is 0. The summed E-state index contributed by atoms with van der Waals surface area (Å²) in [6.07, 6.45) is 10.9. The Balaban J connectivity index is 1.75. The summed E-state index contributed by atoms with van der Waals surface area (Å²) in [6, 6.07) is 0. The Morgan fingerprint density at radius 2 is 1.59 bits per heavy atom. The lowest BCUT2D eigenvalue weighted by Gasteiger charge is -2.17. The van der Waals surface area contributed by atoms with Gasteiger partial charge in [-0.25, -0.2) is 0 Å². The zero-order valence-corrected chi connectivity index (χ0v) is 12.5. The molecule has 0 unspecified atom stereocenters. The van der Waals surface area contributed by atoms with Gasteiger partial charge in [-0.3, -0.25) is 0 Å². The Morgan fingerprint density at radius 1 is 0.941 bits per heavy atom. The molecule has 1 heteroatoms. The zero-order valence-electron chi connectivity index (χ0n) is 12.5. The van der Waals surface area contributed by atoms with E-state index in [9.17, 15) is 0 Å². The van der Waals surface area contributed by atoms with Gasteiger partial charge in [-0.15, -0.1) is 0 Å². The lowest BCUT2D eigenvalue weighted by Crippen LogP contribution is -2.07. The number of hydrogen-bond donors (Lipinski definition) is 0. The van der Waals surface area contributed by atoms with E-state index in [1.54, 1.807) is 0 Å². The molecule has 0 saturated heterocycles. The predicted molar refractivity (Wildman–Crippen MR) is 75.3 cm³/mol. The molecule has 0 aliphatic heterocycles. The summed E-state index contributed by atoms with van der Waals surface area (Å²) < 4.78 is 5.68. The van der Waals surface area contributed by atoms with Gasteiger partial charge in [-0.2, -0.15) is 0 Å². The molecule has 1 aliphatic rings. The molecule has 1 rings (SSSR count). The van der Waals surface area contributed by atoms with Crippen molar-refractivity contribution in [3.63, 3.8) is 0 Å². The zero-order chi connectivity index (χ0) is 12.8. The van der Waals surface area contributed by atoms with E-state index in [0.717, 1.165) is 18.6 Å². The topological polar surface area (TPSA) is 9.23 Å². The Labute approximate surface area is 108 Å². The normalized spacial score (nSPS) is 18.4. The molecule has 0 heterocycles. The quantitative estimate of drug-likeness (QED) is 0.504. The summed E-state index contributed by atoms with van der Waals surface area (Å²) in [5, 5.41) is 0. The summed E-state index contributed by atoms with van der Waals surface area (Å²) in [5.74, 6) is 0. The van der Waals surface area contributed by atoms with Crippen molar-refractivity contribution in [2.75, 3.05) is 13.2 Å². The first-order valence-corrected chi connectivity index (χ1v) is 7.49. The van der Waals surface area contributed by atoms with Crippen molar-refractivity contribution in [1.82, 2.24) is 0 Å². The molecule has 0 spiro atoms. The van der Waals surface area contributed by atoms with Crippen LogP contribution in [-0.2, 0) is 4.74 Å². The van der Waals surface area contributed by atoms with Crippen molar-refractivity contribution in [3.05, 3.63) is 0 Å². The van der Waals surface area contributed by atoms with Gasteiger partial charge in [0.25, 0.3) is 0 Å². The number of ether oxygens (including phenoxy) is 1. The highest BCUT2D eigenvalue weighted by Gasteiger charge is 2.35. The van der Waals surface area contributed by atoms with Gasteiger partial charge in [-0.1, -0.05) is 40.5 Å². The maximum absolute atomic E-state index is 5.68. The molecule has 1 saturated carbocycles. The van der Waals surface area contributed by atoms with Crippen LogP contribution in [0.4, 0.5) is 0 Å². The first-order valence-electron chi connectivity index (χ1n) is 7.49. The minimum Gasteiger partial charge on any atom is -0.381 e. The fraction of sp³-hybridized carbons (Fsp3) is 1.00. The molecule has 0 atom stereocenters. The molecule has 0 bridgehead atoms. The average molecular weight is 240 g/mol. The second-order valence-electron chi connectivity index (χ2n) is 7.40. The minimum absolute atomic E-state index is 0.461. The van der Waals surface area contributed by atoms with E-state index < -0.39 is 0 Å². The molecule has 1 nitrogen and oxygen atoms in total. The van der Waals surface area contributed by atoms with Crippen LogP contribution in [0.25, 0.3) is 0 Å². The van der Waals surface area contributed by atoms with E-state index in [1.807, 2.05) is 0 Å². The minimum atomic E-state index is 0.461. The standard InChI is InChI=1S/C16H32O/c1-15(2,3)9-8-14-17-13-7-5-6-10-16(4)11-12-16/h5-14H2,1-4H3. The van der Waals surface area contributed by atoms with Crippen molar-refractivity contribution in [2.45, 2.75) is 79.1 Å². The van der Waals surface area contributed by atoms with Crippen molar-refractivity contribution < 1.29 is 4.74 Å². The van der Waals surface area contributed by atoms with Gasteiger partial charge in [0, 0.05) is 13.2 Å². The van der Waals surface area contributed by atoms with Gasteiger partial charge >= 0.3 is 0 Å². The largest absolute Gasteiger partial charge is 0.381 e. The Kier molecular flexibility index (Phi) is 5.99. The summed E-state index contributed by atoms with van der Waals surface area (Å²) >= 11 is 0. The van der Waals surface area contributed by atoms with Crippen LogP contribution in [-0.4, -0.2) is 13.2 Å². The summed E-state index contributed by atoms with van der Waals surface area (Å²) in [5.41, 5.74) is 1.20. The Bertz CT molecular complexity index is 187. The monoisotopic (exact) mass is 240 g/mol. The SMILES string of the molecule is CC(C)(C)CCCOCCCCCC1(C)CC1. The second-order valence-corrected chi connectivity index (χ2v) is 7.40. The molecular formula is C16H32O. The van der Waals surface area contributed by atoms with Crippen molar-refractivity contribution in [2.24, 2.45) is 10.8 Å². The van der Waals surface area contributed by atoms with Gasteiger partial charge < -0.3 is 4.74 Å². The highest BCUT2D eigenvalue weighted by Crippen LogP contribution is 2.49. The highest BCUT2D eigenvalue weighted by molar-refractivity contribution is 4.87. The van der Waals surface area contributed by atoms with Crippen LogP contribution in [0.15, 0.2) is 0 Å². The third-order valence-electron chi connectivity index (χ3n) is 3.89. The van der Waals surface area contributed by atoms with Gasteiger partial charge in [0.2, 0.25) is 0 Å². The molecule has 1 aliphatic carbocycles. The molecular weight excluding hydrogens is 208 g/mol. The van der Waals surface area contributed by atoms with Crippen molar-refractivity contribution >= 4 is 0 Å². The van der Waals surface area contributed by atoms with Crippen LogP contribution in [0.5, 0.6) is 0 Å². The van der Waals surface area contributed by atoms with Crippen LogP contribution < -0.4 is 0 Å². The maximum Gasteiger partial charge on any atom is 0.0466 e. The molecule has 0 aromatic heterocycles. The number of rotatable bonds is 9. The molecule has 0 amide bonds. The van der Waals surface area contributed by atoms with Crippen LogP contribution in [0.1, 0.15) is 79.1 Å². The molecule has 102 valence electrons. The third-order valence-corrected chi connectivity index (χ3v) is 3.89. The molecule has 1 fully saturated rings. The molecule has 17 heavy (non-hydrogen) atoms.